The molecule has 0 amide bonds. The first-order valence-electron chi connectivity index (χ1n) is 9.86. The number of carbonyl (C=O) groups is 2. The van der Waals surface area contributed by atoms with E-state index in [4.69, 9.17) is 4.74 Å². The minimum absolute atomic E-state index is 0.0305. The zero-order chi connectivity index (χ0) is 21.3. The highest BCUT2D eigenvalue weighted by molar-refractivity contribution is 8.14. The van der Waals surface area contributed by atoms with Crippen LogP contribution in [0.1, 0.15) is 41.8 Å². The van der Waals surface area contributed by atoms with Crippen LogP contribution in [0.15, 0.2) is 48.2 Å². The number of nitrogens with zero attached hydrogens (tertiary/aromatic N) is 2. The van der Waals surface area contributed by atoms with Gasteiger partial charge in [0.2, 0.25) is 11.2 Å². The lowest BCUT2D eigenvalue weighted by atomic mass is 10.1. The van der Waals surface area contributed by atoms with Crippen molar-refractivity contribution in [2.45, 2.75) is 32.8 Å². The van der Waals surface area contributed by atoms with Gasteiger partial charge in [0, 0.05) is 23.9 Å². The van der Waals surface area contributed by atoms with Crippen molar-refractivity contribution in [3.05, 3.63) is 63.6 Å². The van der Waals surface area contributed by atoms with E-state index in [1.165, 1.54) is 23.1 Å². The Morgan fingerprint density at radius 1 is 1.40 bits per heavy atom. The first-order chi connectivity index (χ1) is 14.4. The van der Waals surface area contributed by atoms with Crippen LogP contribution in [0.4, 0.5) is 0 Å². The van der Waals surface area contributed by atoms with Gasteiger partial charge < -0.3 is 4.74 Å². The fourth-order valence-electron chi connectivity index (χ4n) is 3.89. The number of thiazole rings is 1. The molecule has 1 saturated carbocycles. The van der Waals surface area contributed by atoms with Gasteiger partial charge >= 0.3 is 5.97 Å². The van der Waals surface area contributed by atoms with Crippen molar-refractivity contribution in [3.8, 4) is 6.07 Å². The number of carbonyl (C=O) groups excluding carboxylic acids is 2. The molecule has 2 aromatic rings. The molecule has 2 aliphatic rings. The maximum absolute atomic E-state index is 12.8. The Morgan fingerprint density at radius 2 is 2.17 bits per heavy atom. The van der Waals surface area contributed by atoms with E-state index >= 15 is 0 Å². The third-order valence-corrected chi connectivity index (χ3v) is 7.76. The van der Waals surface area contributed by atoms with Crippen LogP contribution in [0.3, 0.4) is 0 Å². The number of hydrogen-bond acceptors (Lipinski definition) is 7. The lowest BCUT2D eigenvalue weighted by Crippen LogP contribution is -2.14. The molecule has 1 aliphatic heterocycles. The van der Waals surface area contributed by atoms with E-state index < -0.39 is 6.10 Å². The highest BCUT2D eigenvalue weighted by atomic mass is 32.2. The quantitative estimate of drug-likeness (QED) is 0.480. The van der Waals surface area contributed by atoms with Gasteiger partial charge in [0.15, 0.2) is 0 Å². The molecule has 4 rings (SSSR count). The van der Waals surface area contributed by atoms with E-state index in [0.29, 0.717) is 11.3 Å². The number of thioether (sulfide) groups is 1. The van der Waals surface area contributed by atoms with Crippen LogP contribution in [0.5, 0.6) is 0 Å². The van der Waals surface area contributed by atoms with E-state index in [0.717, 1.165) is 28.3 Å². The molecule has 2 fully saturated rings. The third kappa shape index (κ3) is 4.21. The number of allylic oxidation sites excluding steroid dienone is 1. The number of ether oxygens (including phenoxy) is 1. The van der Waals surface area contributed by atoms with Crippen LogP contribution >= 0.6 is 23.1 Å². The Hall–Kier alpha value is -2.43. The lowest BCUT2D eigenvalue weighted by molar-refractivity contribution is -0.149. The second-order valence-electron chi connectivity index (χ2n) is 8.17. The molecule has 2 heterocycles. The Morgan fingerprint density at radius 3 is 2.83 bits per heavy atom. The summed E-state index contributed by atoms with van der Waals surface area (Å²) in [7, 11) is 0. The topological polar surface area (TPSA) is 80.1 Å². The van der Waals surface area contributed by atoms with Crippen LogP contribution in [0.2, 0.25) is 0 Å². The molecule has 0 N–H and O–H groups in total. The maximum atomic E-state index is 12.8. The molecule has 7 heteroatoms. The van der Waals surface area contributed by atoms with Crippen LogP contribution in [-0.4, -0.2) is 21.8 Å². The van der Waals surface area contributed by atoms with E-state index in [1.54, 1.807) is 6.20 Å². The number of nitriles is 1. The molecule has 1 unspecified atom stereocenters. The molecule has 0 spiro atoms. The SMILES string of the molecule is CC1(C)[C@H](C(=O)OC(C#N)c2cnc(Cc3ccccc3)s2)[C@@H]1C=C1CCSC1=O. The van der Waals surface area contributed by atoms with Gasteiger partial charge in [-0.3, -0.25) is 9.59 Å². The highest BCUT2D eigenvalue weighted by Gasteiger charge is 2.62. The summed E-state index contributed by atoms with van der Waals surface area (Å²) in [6.07, 6.45) is 4.03. The van der Waals surface area contributed by atoms with Gasteiger partial charge in [-0.1, -0.05) is 62.0 Å². The van der Waals surface area contributed by atoms with Gasteiger partial charge in [-0.15, -0.1) is 11.3 Å². The zero-order valence-corrected chi connectivity index (χ0v) is 18.5. The summed E-state index contributed by atoms with van der Waals surface area (Å²) in [5.74, 6) is 0.0534. The standard InChI is InChI=1S/C23H22N2O3S2/c1-23(2)16(11-15-8-9-29-22(15)27)20(23)21(26)28-17(12-24)18-13-25-19(30-18)10-14-6-4-3-5-7-14/h3-7,11,13,16-17,20H,8-10H2,1-2H3/t16-,17?,20-/m0/s1. The summed E-state index contributed by atoms with van der Waals surface area (Å²) in [5.41, 5.74) is 1.67. The van der Waals surface area contributed by atoms with Gasteiger partial charge in [-0.05, 0) is 23.3 Å². The van der Waals surface area contributed by atoms with E-state index in [1.807, 2.05) is 50.3 Å². The Labute approximate surface area is 184 Å². The first kappa shape index (κ1) is 20.8. The van der Waals surface area contributed by atoms with Gasteiger partial charge in [0.25, 0.3) is 0 Å². The normalized spacial score (nSPS) is 24.4. The fourth-order valence-corrected chi connectivity index (χ4v) is 5.68. The molecule has 154 valence electrons. The molecule has 3 atom stereocenters. The molecule has 0 radical (unpaired) electrons. The van der Waals surface area contributed by atoms with Crippen molar-refractivity contribution in [2.24, 2.45) is 17.3 Å². The van der Waals surface area contributed by atoms with Gasteiger partial charge in [0.1, 0.15) is 6.07 Å². The monoisotopic (exact) mass is 438 g/mol. The van der Waals surface area contributed by atoms with E-state index in [-0.39, 0.29) is 28.3 Å². The van der Waals surface area contributed by atoms with Crippen molar-refractivity contribution in [1.82, 2.24) is 4.98 Å². The average Bonchev–Trinajstić information content (AvgIpc) is 3.08. The molecule has 1 aliphatic carbocycles. The molecular formula is C23H22N2O3S2. The average molecular weight is 439 g/mol. The maximum Gasteiger partial charge on any atom is 0.311 e. The summed E-state index contributed by atoms with van der Waals surface area (Å²) in [6, 6.07) is 12.1. The van der Waals surface area contributed by atoms with Gasteiger partial charge in [-0.25, -0.2) is 4.98 Å². The highest BCUT2D eigenvalue weighted by Crippen LogP contribution is 2.60. The van der Waals surface area contributed by atoms with Crippen molar-refractivity contribution in [3.63, 3.8) is 0 Å². The summed E-state index contributed by atoms with van der Waals surface area (Å²) in [6.45, 7) is 4.00. The summed E-state index contributed by atoms with van der Waals surface area (Å²) in [5, 5.41) is 10.6. The lowest BCUT2D eigenvalue weighted by Gasteiger charge is -2.09. The minimum Gasteiger partial charge on any atom is -0.441 e. The molecular weight excluding hydrogens is 416 g/mol. The van der Waals surface area contributed by atoms with Crippen molar-refractivity contribution in [2.75, 3.05) is 5.75 Å². The molecule has 1 aromatic heterocycles. The summed E-state index contributed by atoms with van der Waals surface area (Å²) in [4.78, 5) is 29.7. The van der Waals surface area contributed by atoms with E-state index in [2.05, 4.69) is 11.1 Å². The van der Waals surface area contributed by atoms with E-state index in [9.17, 15) is 14.9 Å². The summed E-state index contributed by atoms with van der Waals surface area (Å²) >= 11 is 2.72. The molecule has 30 heavy (non-hydrogen) atoms. The zero-order valence-electron chi connectivity index (χ0n) is 16.8. The van der Waals surface area contributed by atoms with Gasteiger partial charge in [-0.2, -0.15) is 5.26 Å². The Balaban J connectivity index is 1.42. The number of benzene rings is 1. The van der Waals surface area contributed by atoms with Crippen LogP contribution in [-0.2, 0) is 20.7 Å². The third-order valence-electron chi connectivity index (χ3n) is 5.79. The van der Waals surface area contributed by atoms with Crippen LogP contribution in [0, 0.1) is 28.6 Å². The number of aromatic nitrogens is 1. The Kier molecular flexibility index (Phi) is 5.81. The van der Waals surface area contributed by atoms with Crippen LogP contribution in [0.25, 0.3) is 0 Å². The second-order valence-corrected chi connectivity index (χ2v) is 10.4. The van der Waals surface area contributed by atoms with Crippen LogP contribution < -0.4 is 0 Å². The first-order valence-corrected chi connectivity index (χ1v) is 11.7. The molecule has 5 nitrogen and oxygen atoms in total. The minimum atomic E-state index is -0.965. The fraction of sp³-hybridized carbons (Fsp3) is 0.391. The van der Waals surface area contributed by atoms with Gasteiger partial charge in [0.05, 0.1) is 15.8 Å². The summed E-state index contributed by atoms with van der Waals surface area (Å²) < 4.78 is 5.58. The predicted octanol–water partition coefficient (Wildman–Crippen LogP) is 4.70. The predicted molar refractivity (Wildman–Crippen MR) is 117 cm³/mol. The Bertz CT molecular complexity index is 1040. The number of rotatable bonds is 6. The molecule has 1 aromatic carbocycles. The number of esters is 1. The molecule has 0 bridgehead atoms. The van der Waals surface area contributed by atoms with Crippen molar-refractivity contribution in [1.29, 1.82) is 5.26 Å². The largest absolute Gasteiger partial charge is 0.441 e. The second kappa shape index (κ2) is 8.37. The number of hydrogen-bond donors (Lipinski definition) is 0. The molecule has 1 saturated heterocycles. The van der Waals surface area contributed by atoms with Crippen molar-refractivity contribution < 1.29 is 14.3 Å². The smallest absolute Gasteiger partial charge is 0.311 e. The van der Waals surface area contributed by atoms with Crippen molar-refractivity contribution >= 4 is 34.2 Å².